The van der Waals surface area contributed by atoms with E-state index in [0.717, 1.165) is 31.9 Å². The van der Waals surface area contributed by atoms with Crippen molar-refractivity contribution in [3.8, 4) is 5.75 Å². The number of benzene rings is 1. The smallest absolute Gasteiger partial charge is 0.263 e. The maximum atomic E-state index is 12.6. The fourth-order valence-corrected chi connectivity index (χ4v) is 3.58. The molecule has 2 heterocycles. The van der Waals surface area contributed by atoms with Gasteiger partial charge in [-0.2, -0.15) is 0 Å². The minimum Gasteiger partial charge on any atom is -0.481 e. The van der Waals surface area contributed by atoms with Crippen molar-refractivity contribution < 1.29 is 9.53 Å². The third kappa shape index (κ3) is 4.04. The first kappa shape index (κ1) is 19.1. The standard InChI is InChI=1S/C19H28N2O2.ClH/c1-13(18(22)21-11-14-9-20-10-15(14)12-21)23-17-7-5-16(6-8-17)19(2,3)4;/h5-8,13-15,20H,9-12H2,1-4H3;1H/t13?,14-,15+;. The molecule has 1 amide bonds. The van der Waals surface area contributed by atoms with E-state index in [0.29, 0.717) is 11.8 Å². The lowest BCUT2D eigenvalue weighted by molar-refractivity contribution is -0.137. The number of fused-ring (bicyclic) bond motifs is 1. The van der Waals surface area contributed by atoms with Crippen LogP contribution in [0.3, 0.4) is 0 Å². The van der Waals surface area contributed by atoms with Crippen molar-refractivity contribution in [1.82, 2.24) is 10.2 Å². The number of likely N-dealkylation sites (tertiary alicyclic amines) is 1. The molecular weight excluding hydrogens is 324 g/mol. The predicted octanol–water partition coefficient (Wildman–Crippen LogP) is 2.85. The van der Waals surface area contributed by atoms with Gasteiger partial charge in [-0.3, -0.25) is 4.79 Å². The summed E-state index contributed by atoms with van der Waals surface area (Å²) in [5.74, 6) is 2.12. The van der Waals surface area contributed by atoms with Crippen LogP contribution in [0.25, 0.3) is 0 Å². The summed E-state index contributed by atoms with van der Waals surface area (Å²) in [5, 5.41) is 3.40. The van der Waals surface area contributed by atoms with Crippen LogP contribution >= 0.6 is 12.4 Å². The van der Waals surface area contributed by atoms with Gasteiger partial charge in [-0.25, -0.2) is 0 Å². The molecule has 1 aromatic rings. The summed E-state index contributed by atoms with van der Waals surface area (Å²) in [4.78, 5) is 14.6. The summed E-state index contributed by atoms with van der Waals surface area (Å²) in [6.45, 7) is 12.2. The lowest BCUT2D eigenvalue weighted by atomic mass is 9.87. The van der Waals surface area contributed by atoms with Crippen molar-refractivity contribution in [2.45, 2.75) is 39.2 Å². The fraction of sp³-hybridized carbons (Fsp3) is 0.632. The number of rotatable bonds is 3. The zero-order chi connectivity index (χ0) is 16.6. The molecule has 5 heteroatoms. The van der Waals surface area contributed by atoms with Gasteiger partial charge >= 0.3 is 0 Å². The molecule has 0 saturated carbocycles. The molecule has 4 nitrogen and oxygen atoms in total. The summed E-state index contributed by atoms with van der Waals surface area (Å²) in [6, 6.07) is 8.09. The van der Waals surface area contributed by atoms with E-state index in [9.17, 15) is 4.79 Å². The Bertz CT molecular complexity index is 556. The minimum atomic E-state index is -0.428. The molecule has 2 aliphatic rings. The Morgan fingerprint density at radius 2 is 1.71 bits per heavy atom. The van der Waals surface area contributed by atoms with E-state index in [4.69, 9.17) is 4.74 Å². The summed E-state index contributed by atoms with van der Waals surface area (Å²) in [7, 11) is 0. The Balaban J connectivity index is 0.00000208. The van der Waals surface area contributed by atoms with Gasteiger partial charge in [0.2, 0.25) is 0 Å². The van der Waals surface area contributed by atoms with Gasteiger partial charge in [-0.05, 0) is 41.9 Å². The summed E-state index contributed by atoms with van der Waals surface area (Å²) in [6.07, 6.45) is -0.428. The van der Waals surface area contributed by atoms with Crippen LogP contribution in [0.15, 0.2) is 24.3 Å². The van der Waals surface area contributed by atoms with Gasteiger partial charge in [0.05, 0.1) is 0 Å². The van der Waals surface area contributed by atoms with E-state index >= 15 is 0 Å². The third-order valence-electron chi connectivity index (χ3n) is 5.08. The van der Waals surface area contributed by atoms with Crippen LogP contribution in [0, 0.1) is 11.8 Å². The van der Waals surface area contributed by atoms with Crippen LogP contribution in [-0.2, 0) is 10.2 Å². The number of carbonyl (C=O) groups excluding carboxylic acids is 1. The molecule has 3 atom stereocenters. The molecule has 134 valence electrons. The molecule has 0 bridgehead atoms. The van der Waals surface area contributed by atoms with Crippen LogP contribution in [0.1, 0.15) is 33.3 Å². The summed E-state index contributed by atoms with van der Waals surface area (Å²) in [5.41, 5.74) is 1.39. The van der Waals surface area contributed by atoms with Gasteiger partial charge in [0.25, 0.3) is 5.91 Å². The van der Waals surface area contributed by atoms with E-state index in [1.807, 2.05) is 24.0 Å². The monoisotopic (exact) mass is 352 g/mol. The predicted molar refractivity (Wildman–Crippen MR) is 98.9 cm³/mol. The molecule has 3 rings (SSSR count). The molecular formula is C19H29ClN2O2. The molecule has 0 aliphatic carbocycles. The van der Waals surface area contributed by atoms with E-state index in [-0.39, 0.29) is 23.7 Å². The number of hydrogen-bond donors (Lipinski definition) is 1. The van der Waals surface area contributed by atoms with E-state index in [1.54, 1.807) is 0 Å². The number of nitrogens with zero attached hydrogens (tertiary/aromatic N) is 1. The fourth-order valence-electron chi connectivity index (χ4n) is 3.58. The van der Waals surface area contributed by atoms with Gasteiger partial charge < -0.3 is 15.0 Å². The number of carbonyl (C=O) groups is 1. The maximum absolute atomic E-state index is 12.6. The summed E-state index contributed by atoms with van der Waals surface area (Å²) < 4.78 is 5.87. The minimum absolute atomic E-state index is 0. The lowest BCUT2D eigenvalue weighted by Crippen LogP contribution is -2.40. The Kier molecular flexibility index (Phi) is 5.82. The van der Waals surface area contributed by atoms with E-state index < -0.39 is 6.10 Å². The highest BCUT2D eigenvalue weighted by atomic mass is 35.5. The normalized spacial score (nSPS) is 24.2. The Morgan fingerprint density at radius 1 is 1.17 bits per heavy atom. The molecule has 2 aliphatic heterocycles. The van der Waals surface area contributed by atoms with Crippen molar-refractivity contribution in [2.24, 2.45) is 11.8 Å². The van der Waals surface area contributed by atoms with Crippen molar-refractivity contribution in [3.05, 3.63) is 29.8 Å². The molecule has 1 unspecified atom stereocenters. The first-order valence-electron chi connectivity index (χ1n) is 8.61. The van der Waals surface area contributed by atoms with Crippen LogP contribution < -0.4 is 10.1 Å². The second kappa shape index (κ2) is 7.32. The topological polar surface area (TPSA) is 41.6 Å². The number of hydrogen-bond acceptors (Lipinski definition) is 3. The molecule has 0 spiro atoms. The van der Waals surface area contributed by atoms with Gasteiger partial charge in [-0.1, -0.05) is 32.9 Å². The van der Waals surface area contributed by atoms with Crippen LogP contribution in [0.4, 0.5) is 0 Å². The highest BCUT2D eigenvalue weighted by Gasteiger charge is 2.39. The van der Waals surface area contributed by atoms with Crippen LogP contribution in [0.2, 0.25) is 0 Å². The zero-order valence-corrected chi connectivity index (χ0v) is 15.9. The van der Waals surface area contributed by atoms with Crippen LogP contribution in [0.5, 0.6) is 5.75 Å². The average Bonchev–Trinajstić information content (AvgIpc) is 3.07. The average molecular weight is 353 g/mol. The largest absolute Gasteiger partial charge is 0.481 e. The number of halogens is 1. The van der Waals surface area contributed by atoms with Crippen molar-refractivity contribution in [2.75, 3.05) is 26.2 Å². The van der Waals surface area contributed by atoms with E-state index in [1.165, 1.54) is 5.56 Å². The second-order valence-electron chi connectivity index (χ2n) is 7.96. The van der Waals surface area contributed by atoms with Crippen molar-refractivity contribution in [1.29, 1.82) is 0 Å². The maximum Gasteiger partial charge on any atom is 0.263 e. The Morgan fingerprint density at radius 3 is 2.21 bits per heavy atom. The highest BCUT2D eigenvalue weighted by molar-refractivity contribution is 5.85. The van der Waals surface area contributed by atoms with Crippen LogP contribution in [-0.4, -0.2) is 43.1 Å². The van der Waals surface area contributed by atoms with Gasteiger partial charge in [0.1, 0.15) is 5.75 Å². The summed E-state index contributed by atoms with van der Waals surface area (Å²) >= 11 is 0. The number of amides is 1. The number of ether oxygens (including phenoxy) is 1. The Labute approximate surface area is 151 Å². The SMILES string of the molecule is CC(Oc1ccc(C(C)(C)C)cc1)C(=O)N1C[C@H]2CNC[C@H]2C1.Cl. The molecule has 1 aromatic carbocycles. The van der Waals surface area contributed by atoms with Crippen molar-refractivity contribution >= 4 is 18.3 Å². The lowest BCUT2D eigenvalue weighted by Gasteiger charge is -2.23. The second-order valence-corrected chi connectivity index (χ2v) is 7.96. The molecule has 0 aromatic heterocycles. The first-order valence-corrected chi connectivity index (χ1v) is 8.61. The molecule has 24 heavy (non-hydrogen) atoms. The number of nitrogens with one attached hydrogen (secondary N) is 1. The van der Waals surface area contributed by atoms with Crippen molar-refractivity contribution in [3.63, 3.8) is 0 Å². The van der Waals surface area contributed by atoms with Gasteiger partial charge in [-0.15, -0.1) is 12.4 Å². The molecule has 2 fully saturated rings. The van der Waals surface area contributed by atoms with Gasteiger partial charge in [0.15, 0.2) is 6.10 Å². The Hall–Kier alpha value is -1.26. The molecule has 0 radical (unpaired) electrons. The third-order valence-corrected chi connectivity index (χ3v) is 5.08. The van der Waals surface area contributed by atoms with E-state index in [2.05, 4.69) is 38.2 Å². The van der Waals surface area contributed by atoms with Gasteiger partial charge in [0, 0.05) is 26.2 Å². The molecule has 2 saturated heterocycles. The molecule has 1 N–H and O–H groups in total. The first-order chi connectivity index (χ1) is 10.8. The zero-order valence-electron chi connectivity index (χ0n) is 15.0. The quantitative estimate of drug-likeness (QED) is 0.909. The highest BCUT2D eigenvalue weighted by Crippen LogP contribution is 2.28.